The summed E-state index contributed by atoms with van der Waals surface area (Å²) in [6.07, 6.45) is 3.87. The van der Waals surface area contributed by atoms with Gasteiger partial charge in [-0.1, -0.05) is 13.3 Å². The molecule has 4 nitrogen and oxygen atoms in total. The number of hydrogen-bond donors (Lipinski definition) is 1. The van der Waals surface area contributed by atoms with Crippen LogP contribution in [-0.4, -0.2) is 88.7 Å². The lowest BCUT2D eigenvalue weighted by Crippen LogP contribution is -2.34. The zero-order valence-electron chi connectivity index (χ0n) is 13.9. The summed E-state index contributed by atoms with van der Waals surface area (Å²) in [5.41, 5.74) is 0. The fourth-order valence-corrected chi connectivity index (χ4v) is 2.02. The van der Waals surface area contributed by atoms with Crippen molar-refractivity contribution < 1.29 is 0 Å². The highest BCUT2D eigenvalue weighted by molar-refractivity contribution is 4.59. The van der Waals surface area contributed by atoms with Gasteiger partial charge in [0.15, 0.2) is 0 Å². The van der Waals surface area contributed by atoms with Crippen molar-refractivity contribution in [1.29, 1.82) is 0 Å². The average molecular weight is 272 g/mol. The number of likely N-dealkylation sites (N-methyl/N-ethyl adjacent to an activating group) is 4. The molecule has 0 heterocycles. The van der Waals surface area contributed by atoms with E-state index in [0.29, 0.717) is 0 Å². The topological polar surface area (TPSA) is 21.8 Å². The third-order valence-electron chi connectivity index (χ3n) is 3.58. The van der Waals surface area contributed by atoms with Gasteiger partial charge in [0.2, 0.25) is 0 Å². The molecule has 19 heavy (non-hydrogen) atoms. The SMILES string of the molecule is CCCCN(C)CCN(C)CCCN(C)CCNC. The van der Waals surface area contributed by atoms with Crippen LogP contribution >= 0.6 is 0 Å². The molecule has 116 valence electrons. The Labute approximate surface area is 121 Å². The lowest BCUT2D eigenvalue weighted by Gasteiger charge is -2.23. The molecule has 0 aromatic rings. The fraction of sp³-hybridized carbons (Fsp3) is 1.00. The third-order valence-corrected chi connectivity index (χ3v) is 3.58. The Morgan fingerprint density at radius 2 is 1.16 bits per heavy atom. The maximum atomic E-state index is 3.19. The Morgan fingerprint density at radius 3 is 1.63 bits per heavy atom. The predicted molar refractivity (Wildman–Crippen MR) is 85.9 cm³/mol. The number of hydrogen-bond acceptors (Lipinski definition) is 4. The molecular weight excluding hydrogens is 236 g/mol. The Balaban J connectivity index is 3.45. The van der Waals surface area contributed by atoms with Gasteiger partial charge in [0, 0.05) is 26.2 Å². The van der Waals surface area contributed by atoms with Gasteiger partial charge in [0.1, 0.15) is 0 Å². The summed E-state index contributed by atoms with van der Waals surface area (Å²) in [4.78, 5) is 7.30. The summed E-state index contributed by atoms with van der Waals surface area (Å²) in [6, 6.07) is 0. The maximum absolute atomic E-state index is 3.19. The summed E-state index contributed by atoms with van der Waals surface area (Å²) in [5.74, 6) is 0. The van der Waals surface area contributed by atoms with E-state index in [-0.39, 0.29) is 0 Å². The number of unbranched alkanes of at least 4 members (excludes halogenated alkanes) is 1. The molecule has 0 fully saturated rings. The third kappa shape index (κ3) is 12.6. The van der Waals surface area contributed by atoms with Crippen LogP contribution in [0.3, 0.4) is 0 Å². The van der Waals surface area contributed by atoms with Crippen LogP contribution in [0, 0.1) is 0 Å². The lowest BCUT2D eigenvalue weighted by molar-refractivity contribution is 0.239. The molecule has 4 heteroatoms. The predicted octanol–water partition coefficient (Wildman–Crippen LogP) is 1.19. The lowest BCUT2D eigenvalue weighted by atomic mass is 10.3. The second kappa shape index (κ2) is 12.9. The summed E-state index contributed by atoms with van der Waals surface area (Å²) in [5, 5.41) is 3.19. The molecule has 0 spiro atoms. The minimum absolute atomic E-state index is 1.08. The monoisotopic (exact) mass is 272 g/mol. The van der Waals surface area contributed by atoms with Crippen LogP contribution in [0.4, 0.5) is 0 Å². The highest BCUT2D eigenvalue weighted by atomic mass is 15.2. The molecule has 0 aliphatic rings. The van der Waals surface area contributed by atoms with Gasteiger partial charge in [-0.05, 0) is 60.7 Å². The first kappa shape index (κ1) is 18.8. The van der Waals surface area contributed by atoms with Crippen LogP contribution in [0.15, 0.2) is 0 Å². The van der Waals surface area contributed by atoms with Crippen LogP contribution in [0.2, 0.25) is 0 Å². The van der Waals surface area contributed by atoms with Crippen LogP contribution in [0.1, 0.15) is 26.2 Å². The van der Waals surface area contributed by atoms with Gasteiger partial charge in [-0.3, -0.25) is 0 Å². The molecule has 0 unspecified atom stereocenters. The molecular formula is C15H36N4. The van der Waals surface area contributed by atoms with E-state index in [9.17, 15) is 0 Å². The summed E-state index contributed by atoms with van der Waals surface area (Å²) in [7, 11) is 8.68. The minimum atomic E-state index is 1.08. The van der Waals surface area contributed by atoms with Crippen LogP contribution in [-0.2, 0) is 0 Å². The minimum Gasteiger partial charge on any atom is -0.318 e. The molecule has 0 bridgehead atoms. The second-order valence-electron chi connectivity index (χ2n) is 5.72. The zero-order chi connectivity index (χ0) is 14.5. The Bertz CT molecular complexity index is 187. The van der Waals surface area contributed by atoms with Crippen molar-refractivity contribution in [3.63, 3.8) is 0 Å². The Kier molecular flexibility index (Phi) is 12.7. The van der Waals surface area contributed by atoms with Gasteiger partial charge in [-0.15, -0.1) is 0 Å². The largest absolute Gasteiger partial charge is 0.318 e. The maximum Gasteiger partial charge on any atom is 0.0106 e. The van der Waals surface area contributed by atoms with Gasteiger partial charge in [-0.2, -0.15) is 0 Å². The van der Waals surface area contributed by atoms with Gasteiger partial charge >= 0.3 is 0 Å². The summed E-state index contributed by atoms with van der Waals surface area (Å²) < 4.78 is 0. The van der Waals surface area contributed by atoms with Crippen molar-refractivity contribution in [1.82, 2.24) is 20.0 Å². The van der Waals surface area contributed by atoms with E-state index in [2.05, 4.69) is 48.1 Å². The molecule has 0 aromatic heterocycles. The van der Waals surface area contributed by atoms with Crippen molar-refractivity contribution >= 4 is 0 Å². The Morgan fingerprint density at radius 1 is 0.684 bits per heavy atom. The van der Waals surface area contributed by atoms with E-state index in [4.69, 9.17) is 0 Å². The second-order valence-corrected chi connectivity index (χ2v) is 5.72. The van der Waals surface area contributed by atoms with Crippen molar-refractivity contribution in [2.45, 2.75) is 26.2 Å². The van der Waals surface area contributed by atoms with Crippen molar-refractivity contribution in [3.8, 4) is 0 Å². The first-order chi connectivity index (χ1) is 9.10. The molecule has 0 atom stereocenters. The molecule has 0 rings (SSSR count). The van der Waals surface area contributed by atoms with Crippen molar-refractivity contribution in [2.24, 2.45) is 0 Å². The van der Waals surface area contributed by atoms with Crippen LogP contribution < -0.4 is 5.32 Å². The first-order valence-electron chi connectivity index (χ1n) is 7.80. The standard InChI is InChI=1S/C15H36N4/c1-6-7-10-18(4)14-15-19(5)12-8-11-17(3)13-9-16-2/h16H,6-15H2,1-5H3. The summed E-state index contributed by atoms with van der Waals surface area (Å²) >= 11 is 0. The molecule has 0 radical (unpaired) electrons. The van der Waals surface area contributed by atoms with E-state index in [1.807, 2.05) is 7.05 Å². The number of rotatable bonds is 13. The first-order valence-corrected chi connectivity index (χ1v) is 7.80. The molecule has 0 amide bonds. The highest BCUT2D eigenvalue weighted by Gasteiger charge is 2.03. The Hall–Kier alpha value is -0.160. The quantitative estimate of drug-likeness (QED) is 0.544. The average Bonchev–Trinajstić information content (AvgIpc) is 2.40. The van der Waals surface area contributed by atoms with E-state index in [1.165, 1.54) is 52.0 Å². The fourth-order valence-electron chi connectivity index (χ4n) is 2.02. The molecule has 0 aromatic carbocycles. The highest BCUT2D eigenvalue weighted by Crippen LogP contribution is 1.94. The molecule has 1 N–H and O–H groups in total. The van der Waals surface area contributed by atoms with E-state index >= 15 is 0 Å². The number of nitrogens with one attached hydrogen (secondary N) is 1. The molecule has 0 aliphatic heterocycles. The van der Waals surface area contributed by atoms with E-state index < -0.39 is 0 Å². The molecule has 0 aliphatic carbocycles. The van der Waals surface area contributed by atoms with E-state index in [0.717, 1.165) is 13.1 Å². The van der Waals surface area contributed by atoms with Crippen molar-refractivity contribution in [3.05, 3.63) is 0 Å². The number of nitrogens with zero attached hydrogens (tertiary/aromatic N) is 3. The summed E-state index contributed by atoms with van der Waals surface area (Å²) in [6.45, 7) is 10.5. The molecule has 0 saturated heterocycles. The van der Waals surface area contributed by atoms with Crippen molar-refractivity contribution in [2.75, 3.05) is 74.0 Å². The van der Waals surface area contributed by atoms with Crippen LogP contribution in [0.5, 0.6) is 0 Å². The van der Waals surface area contributed by atoms with Gasteiger partial charge in [0.25, 0.3) is 0 Å². The smallest absolute Gasteiger partial charge is 0.0106 e. The van der Waals surface area contributed by atoms with Gasteiger partial charge < -0.3 is 20.0 Å². The molecule has 0 saturated carbocycles. The van der Waals surface area contributed by atoms with E-state index in [1.54, 1.807) is 0 Å². The zero-order valence-corrected chi connectivity index (χ0v) is 13.9. The van der Waals surface area contributed by atoms with Gasteiger partial charge in [0.05, 0.1) is 0 Å². The van der Waals surface area contributed by atoms with Gasteiger partial charge in [-0.25, -0.2) is 0 Å². The normalized spacial score (nSPS) is 12.0. The van der Waals surface area contributed by atoms with Crippen LogP contribution in [0.25, 0.3) is 0 Å².